The molecule has 1 aromatic carbocycles. The Bertz CT molecular complexity index is 482. The predicted molar refractivity (Wildman–Crippen MR) is 60.0 cm³/mol. The van der Waals surface area contributed by atoms with Crippen molar-refractivity contribution in [3.63, 3.8) is 0 Å². The quantitative estimate of drug-likeness (QED) is 0.619. The summed E-state index contributed by atoms with van der Waals surface area (Å²) in [4.78, 5) is 26.3. The molecule has 0 aromatic heterocycles. The maximum Gasteiger partial charge on any atom is 0.417 e. The minimum absolute atomic E-state index is 0.146. The van der Waals surface area contributed by atoms with Crippen molar-refractivity contribution in [2.75, 3.05) is 0 Å². The molecule has 4 N–H and O–H groups in total. The Kier molecular flexibility index (Phi) is 4.38. The van der Waals surface area contributed by atoms with Crippen LogP contribution >= 0.6 is 26.8 Å². The van der Waals surface area contributed by atoms with Crippen molar-refractivity contribution in [3.8, 4) is 5.75 Å². The van der Waals surface area contributed by atoms with Gasteiger partial charge in [-0.3, -0.25) is 4.57 Å². The van der Waals surface area contributed by atoms with Gasteiger partial charge in [-0.15, -0.1) is 0 Å². The Balaban J connectivity index is 2.90. The molecule has 0 fully saturated rings. The van der Waals surface area contributed by atoms with E-state index >= 15 is 0 Å². The molecule has 2 unspecified atom stereocenters. The number of aliphatic hydroxyl groups excluding tert-OH is 1. The fourth-order valence-corrected chi connectivity index (χ4v) is 3.19. The number of halogens is 1. The molecule has 0 saturated carbocycles. The molecule has 0 saturated heterocycles. The molecular formula is C7H9ClO7P2. The van der Waals surface area contributed by atoms with Gasteiger partial charge in [0.1, 0.15) is 5.75 Å². The second-order valence-electron chi connectivity index (χ2n) is 3.04. The van der Waals surface area contributed by atoms with E-state index in [0.717, 1.165) is 0 Å². The summed E-state index contributed by atoms with van der Waals surface area (Å²) in [5.74, 6) is -0.146. The van der Waals surface area contributed by atoms with E-state index in [2.05, 4.69) is 4.52 Å². The summed E-state index contributed by atoms with van der Waals surface area (Å²) in [6.07, 6.45) is 0. The van der Waals surface area contributed by atoms with Gasteiger partial charge in [0.05, 0.1) is 0 Å². The van der Waals surface area contributed by atoms with Gasteiger partial charge in [-0.05, 0) is 24.3 Å². The van der Waals surface area contributed by atoms with Crippen molar-refractivity contribution in [1.82, 2.24) is 0 Å². The SMILES string of the molecule is O=P(O)(O)C(O)P(=O)(O)Oc1ccc(Cl)cc1. The zero-order valence-corrected chi connectivity index (χ0v) is 10.7. The van der Waals surface area contributed by atoms with Gasteiger partial charge in [0.2, 0.25) is 0 Å². The van der Waals surface area contributed by atoms with Crippen molar-refractivity contribution in [2.24, 2.45) is 0 Å². The van der Waals surface area contributed by atoms with E-state index in [9.17, 15) is 14.0 Å². The van der Waals surface area contributed by atoms with E-state index in [4.69, 9.17) is 26.5 Å². The Hall–Kier alpha value is -0.390. The predicted octanol–water partition coefficient (Wildman–Crippen LogP) is 1.36. The Morgan fingerprint density at radius 1 is 1.12 bits per heavy atom. The maximum absolute atomic E-state index is 11.4. The average Bonchev–Trinajstić information content (AvgIpc) is 2.19. The minimum Gasteiger partial charge on any atom is -0.422 e. The summed E-state index contributed by atoms with van der Waals surface area (Å²) >= 11 is 5.56. The lowest BCUT2D eigenvalue weighted by atomic mass is 10.3. The zero-order chi connectivity index (χ0) is 13.3. The lowest BCUT2D eigenvalue weighted by molar-refractivity contribution is 0.223. The molecule has 1 rings (SSSR count). The summed E-state index contributed by atoms with van der Waals surface area (Å²) in [5.41, 5.74) is -2.79. The lowest BCUT2D eigenvalue weighted by Crippen LogP contribution is -2.11. The number of rotatable bonds is 4. The highest BCUT2D eigenvalue weighted by atomic mass is 35.5. The second kappa shape index (κ2) is 5.08. The van der Waals surface area contributed by atoms with Crippen molar-refractivity contribution < 1.29 is 33.4 Å². The summed E-state index contributed by atoms with van der Waals surface area (Å²) in [5, 5.41) is 9.35. The monoisotopic (exact) mass is 302 g/mol. The highest BCUT2D eigenvalue weighted by Gasteiger charge is 2.45. The topological polar surface area (TPSA) is 124 Å². The van der Waals surface area contributed by atoms with Crippen LogP contribution in [0, 0.1) is 0 Å². The first-order chi connectivity index (χ1) is 7.63. The molecule has 0 aliphatic heterocycles. The van der Waals surface area contributed by atoms with Crippen LogP contribution in [-0.2, 0) is 9.13 Å². The van der Waals surface area contributed by atoms with Gasteiger partial charge in [0.25, 0.3) is 5.59 Å². The molecule has 0 radical (unpaired) electrons. The number of hydrogen-bond acceptors (Lipinski definition) is 4. The molecule has 0 heterocycles. The van der Waals surface area contributed by atoms with Crippen molar-refractivity contribution in [1.29, 1.82) is 0 Å². The molecule has 0 aliphatic rings. The summed E-state index contributed by atoms with van der Waals surface area (Å²) in [7, 11) is -10.0. The first kappa shape index (κ1) is 14.7. The van der Waals surface area contributed by atoms with Crippen LogP contribution in [-0.4, -0.2) is 25.4 Å². The van der Waals surface area contributed by atoms with Crippen molar-refractivity contribution in [3.05, 3.63) is 29.3 Å². The third-order valence-corrected chi connectivity index (χ3v) is 5.33. The van der Waals surface area contributed by atoms with Crippen LogP contribution in [0.3, 0.4) is 0 Å². The van der Waals surface area contributed by atoms with Gasteiger partial charge in [-0.2, -0.15) is 0 Å². The van der Waals surface area contributed by atoms with Crippen molar-refractivity contribution in [2.45, 2.75) is 5.59 Å². The molecule has 1 aromatic rings. The summed E-state index contributed by atoms with van der Waals surface area (Å²) in [6.45, 7) is 0. The van der Waals surface area contributed by atoms with Crippen LogP contribution in [0.5, 0.6) is 5.75 Å². The average molecular weight is 303 g/mol. The standard InChI is InChI=1S/C7H9ClO7P2/c8-5-1-3-6(4-2-5)15-17(13,14)7(9)16(10,11)12/h1-4,7,9H,(H,13,14)(H2,10,11,12). The fraction of sp³-hybridized carbons (Fsp3) is 0.143. The first-order valence-corrected chi connectivity index (χ1v) is 7.84. The van der Waals surface area contributed by atoms with E-state index in [1.54, 1.807) is 0 Å². The molecule has 7 nitrogen and oxygen atoms in total. The third-order valence-electron chi connectivity index (χ3n) is 1.64. The summed E-state index contributed by atoms with van der Waals surface area (Å²) < 4.78 is 26.5. The molecule has 10 heteroatoms. The minimum atomic E-state index is -5.13. The van der Waals surface area contributed by atoms with Crippen LogP contribution in [0.1, 0.15) is 0 Å². The second-order valence-corrected chi connectivity index (χ2v) is 7.36. The van der Waals surface area contributed by atoms with Crippen LogP contribution in [0.4, 0.5) is 0 Å². The van der Waals surface area contributed by atoms with Gasteiger partial charge in [-0.25, -0.2) is 4.57 Å². The van der Waals surface area contributed by atoms with Gasteiger partial charge >= 0.3 is 15.2 Å². The van der Waals surface area contributed by atoms with Gasteiger partial charge < -0.3 is 24.3 Å². The van der Waals surface area contributed by atoms with Gasteiger partial charge in [-0.1, -0.05) is 11.6 Å². The summed E-state index contributed by atoms with van der Waals surface area (Å²) in [6, 6.07) is 5.14. The largest absolute Gasteiger partial charge is 0.422 e. The molecule has 0 aliphatic carbocycles. The molecular weight excluding hydrogens is 293 g/mol. The third kappa shape index (κ3) is 4.08. The van der Waals surface area contributed by atoms with E-state index < -0.39 is 20.8 Å². The molecule has 0 amide bonds. The number of aliphatic hydroxyl groups is 1. The lowest BCUT2D eigenvalue weighted by Gasteiger charge is -2.19. The van der Waals surface area contributed by atoms with Gasteiger partial charge in [0.15, 0.2) is 0 Å². The van der Waals surface area contributed by atoms with E-state index in [0.29, 0.717) is 5.02 Å². The molecule has 2 atom stereocenters. The molecule has 96 valence electrons. The van der Waals surface area contributed by atoms with Crippen LogP contribution < -0.4 is 4.52 Å². The van der Waals surface area contributed by atoms with Crippen LogP contribution in [0.2, 0.25) is 5.02 Å². The van der Waals surface area contributed by atoms with E-state index in [1.807, 2.05) is 0 Å². The molecule has 0 bridgehead atoms. The Morgan fingerprint density at radius 3 is 2.00 bits per heavy atom. The van der Waals surface area contributed by atoms with Crippen molar-refractivity contribution >= 4 is 26.8 Å². The fourth-order valence-electron chi connectivity index (χ4n) is 0.884. The van der Waals surface area contributed by atoms with E-state index in [1.165, 1.54) is 24.3 Å². The highest BCUT2D eigenvalue weighted by Crippen LogP contribution is 2.60. The first-order valence-electron chi connectivity index (χ1n) is 4.14. The highest BCUT2D eigenvalue weighted by molar-refractivity contribution is 7.71. The van der Waals surface area contributed by atoms with Gasteiger partial charge in [0, 0.05) is 5.02 Å². The van der Waals surface area contributed by atoms with Crippen LogP contribution in [0.25, 0.3) is 0 Å². The normalized spacial score (nSPS) is 17.2. The van der Waals surface area contributed by atoms with E-state index in [-0.39, 0.29) is 5.75 Å². The smallest absolute Gasteiger partial charge is 0.417 e. The van der Waals surface area contributed by atoms with Crippen LogP contribution in [0.15, 0.2) is 24.3 Å². The number of hydrogen-bond donors (Lipinski definition) is 4. The molecule has 17 heavy (non-hydrogen) atoms. The Labute approximate surface area is 101 Å². The molecule has 0 spiro atoms. The number of benzene rings is 1. The maximum atomic E-state index is 11.4. The zero-order valence-electron chi connectivity index (χ0n) is 8.17. The Morgan fingerprint density at radius 2 is 1.59 bits per heavy atom.